The fourth-order valence-electron chi connectivity index (χ4n) is 1.05. The van der Waals surface area contributed by atoms with Gasteiger partial charge in [0.05, 0.1) is 35.4 Å². The minimum absolute atomic E-state index is 0.0715. The van der Waals surface area contributed by atoms with Crippen LogP contribution in [0.2, 0.25) is 5.15 Å². The van der Waals surface area contributed by atoms with Gasteiger partial charge in [0.2, 0.25) is 0 Å². The molecule has 6 heteroatoms. The zero-order valence-electron chi connectivity index (χ0n) is 7.34. The van der Waals surface area contributed by atoms with Crippen molar-refractivity contribution in [1.29, 1.82) is 10.5 Å². The number of nitrogens with zero attached hydrogens (tertiary/aromatic N) is 3. The highest BCUT2D eigenvalue weighted by molar-refractivity contribution is 6.30. The van der Waals surface area contributed by atoms with Gasteiger partial charge >= 0.3 is 0 Å². The first kappa shape index (κ1) is 11.4. The van der Waals surface area contributed by atoms with Gasteiger partial charge in [-0.25, -0.2) is 13.8 Å². The molecule has 0 atom stereocenters. The number of alkyl halides is 2. The molecule has 3 nitrogen and oxygen atoms in total. The summed E-state index contributed by atoms with van der Waals surface area (Å²) in [6.07, 6.45) is -2.92. The van der Waals surface area contributed by atoms with E-state index < -0.39 is 17.1 Å². The second kappa shape index (κ2) is 4.68. The normalized spacial score (nSPS) is 9.73. The van der Waals surface area contributed by atoms with E-state index in [1.54, 1.807) is 12.1 Å². The molecule has 0 radical (unpaired) electrons. The van der Waals surface area contributed by atoms with Crippen LogP contribution < -0.4 is 0 Å². The summed E-state index contributed by atoms with van der Waals surface area (Å²) in [5.74, 6) is 0. The predicted molar refractivity (Wildman–Crippen MR) is 48.2 cm³/mol. The zero-order chi connectivity index (χ0) is 11.4. The van der Waals surface area contributed by atoms with Gasteiger partial charge in [-0.05, 0) is 6.07 Å². The third-order valence-corrected chi connectivity index (χ3v) is 1.95. The van der Waals surface area contributed by atoms with E-state index in [1.807, 2.05) is 0 Å². The maximum Gasteiger partial charge on any atom is 0.268 e. The number of aromatic nitrogens is 1. The molecule has 0 N–H and O–H groups in total. The van der Waals surface area contributed by atoms with Gasteiger partial charge in [-0.15, -0.1) is 0 Å². The van der Waals surface area contributed by atoms with E-state index in [-0.39, 0.29) is 17.7 Å². The number of hydrogen-bond donors (Lipinski definition) is 0. The number of pyridine rings is 1. The SMILES string of the molecule is N#CCc1cc(C#N)c(C(F)F)c(Cl)n1. The van der Waals surface area contributed by atoms with Crippen molar-refractivity contribution in [2.45, 2.75) is 12.8 Å². The van der Waals surface area contributed by atoms with Crippen LogP contribution in [0.5, 0.6) is 0 Å². The fraction of sp³-hybridized carbons (Fsp3) is 0.222. The lowest BCUT2D eigenvalue weighted by atomic mass is 10.1. The third-order valence-electron chi connectivity index (χ3n) is 1.66. The highest BCUT2D eigenvalue weighted by Gasteiger charge is 2.19. The summed E-state index contributed by atoms with van der Waals surface area (Å²) in [5, 5.41) is 16.6. The Balaban J connectivity index is 3.34. The van der Waals surface area contributed by atoms with Crippen LogP contribution in [-0.4, -0.2) is 4.98 Å². The molecule has 1 aromatic heterocycles. The standard InChI is InChI=1S/C9H4ClF2N3/c10-8-7(9(11)12)5(4-14)3-6(15-8)1-2-13/h3,9H,1H2. The topological polar surface area (TPSA) is 60.5 Å². The molecule has 0 aromatic carbocycles. The van der Waals surface area contributed by atoms with Crippen molar-refractivity contribution in [2.24, 2.45) is 0 Å². The first-order chi connectivity index (χ1) is 7.10. The van der Waals surface area contributed by atoms with Crippen molar-refractivity contribution in [3.8, 4) is 12.1 Å². The van der Waals surface area contributed by atoms with E-state index in [9.17, 15) is 8.78 Å². The summed E-state index contributed by atoms with van der Waals surface area (Å²) >= 11 is 5.49. The summed E-state index contributed by atoms with van der Waals surface area (Å²) in [7, 11) is 0. The molecule has 76 valence electrons. The molecule has 0 aliphatic carbocycles. The minimum atomic E-state index is -2.85. The molecule has 0 aliphatic rings. The van der Waals surface area contributed by atoms with E-state index >= 15 is 0 Å². The van der Waals surface area contributed by atoms with Crippen molar-refractivity contribution in [3.05, 3.63) is 28.0 Å². The number of hydrogen-bond acceptors (Lipinski definition) is 3. The largest absolute Gasteiger partial charge is 0.268 e. The summed E-state index contributed by atoms with van der Waals surface area (Å²) in [6.45, 7) is 0. The maximum absolute atomic E-state index is 12.5. The Morgan fingerprint density at radius 1 is 1.47 bits per heavy atom. The van der Waals surface area contributed by atoms with Gasteiger partial charge in [-0.2, -0.15) is 10.5 Å². The molecule has 1 rings (SSSR count). The summed E-state index contributed by atoms with van der Waals surface area (Å²) in [5.41, 5.74) is -0.612. The van der Waals surface area contributed by atoms with Gasteiger partial charge in [0.15, 0.2) is 0 Å². The van der Waals surface area contributed by atoms with E-state index in [2.05, 4.69) is 4.98 Å². The summed E-state index contributed by atoms with van der Waals surface area (Å²) < 4.78 is 24.9. The highest BCUT2D eigenvalue weighted by atomic mass is 35.5. The van der Waals surface area contributed by atoms with Crippen LogP contribution in [0.1, 0.15) is 23.2 Å². The van der Waals surface area contributed by atoms with Gasteiger partial charge < -0.3 is 0 Å². The summed E-state index contributed by atoms with van der Waals surface area (Å²) in [4.78, 5) is 3.60. The van der Waals surface area contributed by atoms with Crippen LogP contribution in [-0.2, 0) is 6.42 Å². The Morgan fingerprint density at radius 3 is 2.60 bits per heavy atom. The predicted octanol–water partition coefficient (Wildman–Crippen LogP) is 2.61. The Morgan fingerprint density at radius 2 is 2.13 bits per heavy atom. The van der Waals surface area contributed by atoms with Gasteiger partial charge in [0, 0.05) is 0 Å². The van der Waals surface area contributed by atoms with Crippen LogP contribution in [0.4, 0.5) is 8.78 Å². The molecular formula is C9H4ClF2N3. The fourth-order valence-corrected chi connectivity index (χ4v) is 1.34. The van der Waals surface area contributed by atoms with E-state index in [1.165, 1.54) is 0 Å². The monoisotopic (exact) mass is 227 g/mol. The van der Waals surface area contributed by atoms with Crippen LogP contribution in [0.25, 0.3) is 0 Å². The van der Waals surface area contributed by atoms with Crippen LogP contribution >= 0.6 is 11.6 Å². The van der Waals surface area contributed by atoms with Crippen molar-refractivity contribution in [1.82, 2.24) is 4.98 Å². The van der Waals surface area contributed by atoms with Crippen LogP contribution in [0, 0.1) is 22.7 Å². The molecule has 15 heavy (non-hydrogen) atoms. The Hall–Kier alpha value is -1.72. The lowest BCUT2D eigenvalue weighted by molar-refractivity contribution is 0.150. The molecule has 0 spiro atoms. The van der Waals surface area contributed by atoms with Crippen molar-refractivity contribution in [2.75, 3.05) is 0 Å². The Bertz CT molecular complexity index is 460. The molecule has 0 saturated heterocycles. The average molecular weight is 228 g/mol. The second-order valence-corrected chi connectivity index (χ2v) is 2.97. The van der Waals surface area contributed by atoms with Gasteiger partial charge in [0.1, 0.15) is 5.15 Å². The number of rotatable bonds is 2. The van der Waals surface area contributed by atoms with E-state index in [0.29, 0.717) is 0 Å². The minimum Gasteiger partial charge on any atom is -0.239 e. The smallest absolute Gasteiger partial charge is 0.239 e. The number of nitriles is 2. The molecular weight excluding hydrogens is 224 g/mol. The van der Waals surface area contributed by atoms with E-state index in [0.717, 1.165) is 6.07 Å². The van der Waals surface area contributed by atoms with Crippen molar-refractivity contribution >= 4 is 11.6 Å². The van der Waals surface area contributed by atoms with Gasteiger partial charge in [0.25, 0.3) is 6.43 Å². The van der Waals surface area contributed by atoms with Gasteiger partial charge in [-0.3, -0.25) is 0 Å². The molecule has 0 unspecified atom stereocenters. The average Bonchev–Trinajstić information content (AvgIpc) is 2.16. The molecule has 0 fully saturated rings. The third kappa shape index (κ3) is 2.39. The van der Waals surface area contributed by atoms with Crippen LogP contribution in [0.15, 0.2) is 6.07 Å². The lowest BCUT2D eigenvalue weighted by Gasteiger charge is -2.05. The molecule has 0 saturated carbocycles. The van der Waals surface area contributed by atoms with Crippen molar-refractivity contribution < 1.29 is 8.78 Å². The highest BCUT2D eigenvalue weighted by Crippen LogP contribution is 2.29. The van der Waals surface area contributed by atoms with Crippen molar-refractivity contribution in [3.63, 3.8) is 0 Å². The van der Waals surface area contributed by atoms with E-state index in [4.69, 9.17) is 22.1 Å². The summed E-state index contributed by atoms with van der Waals surface area (Å²) in [6, 6.07) is 4.55. The first-order valence-corrected chi connectivity index (χ1v) is 4.22. The lowest BCUT2D eigenvalue weighted by Crippen LogP contribution is -1.99. The Kier molecular flexibility index (Phi) is 3.54. The zero-order valence-corrected chi connectivity index (χ0v) is 8.09. The molecule has 0 amide bonds. The number of halogens is 3. The molecule has 1 heterocycles. The first-order valence-electron chi connectivity index (χ1n) is 3.84. The Labute approximate surface area is 89.5 Å². The maximum atomic E-state index is 12.5. The van der Waals surface area contributed by atoms with Gasteiger partial charge in [-0.1, -0.05) is 11.6 Å². The van der Waals surface area contributed by atoms with Crippen LogP contribution in [0.3, 0.4) is 0 Å². The molecule has 0 aliphatic heterocycles. The molecule has 0 bridgehead atoms. The quantitative estimate of drug-likeness (QED) is 0.730. The molecule has 1 aromatic rings. The second-order valence-electron chi connectivity index (χ2n) is 2.61.